The molecule has 158 valence electrons. The molecule has 0 saturated carbocycles. The first-order valence-electron chi connectivity index (χ1n) is 10.4. The average Bonchev–Trinajstić information content (AvgIpc) is 3.12. The first-order valence-corrected chi connectivity index (χ1v) is 10.4. The standard InChI is InChI=1S/C22H33N5O2/c1-5-23-22(24-15-19(4)28-21-9-7-6-8-17(21)2)27-12-10-26(11-13-27)16-20-14-18(3)29-25-20/h6-9,14,19H,5,10-13,15-16H2,1-4H3,(H,23,24). The molecule has 0 bridgehead atoms. The van der Waals surface area contributed by atoms with Crippen molar-refractivity contribution < 1.29 is 9.26 Å². The third kappa shape index (κ3) is 6.22. The van der Waals surface area contributed by atoms with Crippen LogP contribution in [0.2, 0.25) is 0 Å². The molecule has 0 aliphatic carbocycles. The molecule has 1 unspecified atom stereocenters. The largest absolute Gasteiger partial charge is 0.489 e. The van der Waals surface area contributed by atoms with Crippen molar-refractivity contribution >= 4 is 5.96 Å². The SMILES string of the molecule is CCNC(=NCC(C)Oc1ccccc1C)N1CCN(Cc2cc(C)on2)CC1. The van der Waals surface area contributed by atoms with Gasteiger partial charge >= 0.3 is 0 Å². The fourth-order valence-corrected chi connectivity index (χ4v) is 3.42. The Bertz CT molecular complexity index is 796. The number of ether oxygens (including phenoxy) is 1. The number of guanidine groups is 1. The van der Waals surface area contributed by atoms with Gasteiger partial charge in [-0.3, -0.25) is 4.90 Å². The highest BCUT2D eigenvalue weighted by Crippen LogP contribution is 2.18. The van der Waals surface area contributed by atoms with Crippen molar-refractivity contribution in [2.45, 2.75) is 40.3 Å². The monoisotopic (exact) mass is 399 g/mol. The van der Waals surface area contributed by atoms with Gasteiger partial charge in [-0.2, -0.15) is 0 Å². The van der Waals surface area contributed by atoms with Crippen molar-refractivity contribution in [2.75, 3.05) is 39.3 Å². The summed E-state index contributed by atoms with van der Waals surface area (Å²) in [6.45, 7) is 14.3. The normalized spacial score (nSPS) is 16.7. The van der Waals surface area contributed by atoms with Gasteiger partial charge in [0.1, 0.15) is 17.6 Å². The Labute approximate surface area is 173 Å². The van der Waals surface area contributed by atoms with E-state index in [1.807, 2.05) is 31.2 Å². The van der Waals surface area contributed by atoms with Crippen LogP contribution in [0, 0.1) is 13.8 Å². The lowest BCUT2D eigenvalue weighted by Gasteiger charge is -2.36. The number of hydrogen-bond acceptors (Lipinski definition) is 5. The van der Waals surface area contributed by atoms with Crippen LogP contribution in [0.25, 0.3) is 0 Å². The Morgan fingerprint density at radius 3 is 2.66 bits per heavy atom. The van der Waals surface area contributed by atoms with Crippen molar-refractivity contribution in [3.05, 3.63) is 47.3 Å². The van der Waals surface area contributed by atoms with Crippen LogP contribution in [0.1, 0.15) is 30.9 Å². The van der Waals surface area contributed by atoms with Crippen LogP contribution < -0.4 is 10.1 Å². The van der Waals surface area contributed by atoms with Crippen molar-refractivity contribution in [3.8, 4) is 5.75 Å². The molecule has 1 saturated heterocycles. The van der Waals surface area contributed by atoms with Gasteiger partial charge in [-0.15, -0.1) is 0 Å². The Morgan fingerprint density at radius 2 is 2.00 bits per heavy atom. The molecule has 7 nitrogen and oxygen atoms in total. The van der Waals surface area contributed by atoms with E-state index >= 15 is 0 Å². The molecule has 2 heterocycles. The summed E-state index contributed by atoms with van der Waals surface area (Å²) in [4.78, 5) is 9.57. The smallest absolute Gasteiger partial charge is 0.194 e. The summed E-state index contributed by atoms with van der Waals surface area (Å²) < 4.78 is 11.2. The second kappa shape index (κ2) is 10.3. The molecule has 1 aromatic heterocycles. The topological polar surface area (TPSA) is 66.1 Å². The summed E-state index contributed by atoms with van der Waals surface area (Å²) in [5.41, 5.74) is 2.15. The average molecular weight is 400 g/mol. The minimum Gasteiger partial charge on any atom is -0.489 e. The lowest BCUT2D eigenvalue weighted by Crippen LogP contribution is -2.52. The molecule has 0 spiro atoms. The molecule has 1 aromatic carbocycles. The molecule has 7 heteroatoms. The Hall–Kier alpha value is -2.54. The number of nitrogens with one attached hydrogen (secondary N) is 1. The first-order chi connectivity index (χ1) is 14.0. The maximum atomic E-state index is 6.07. The van der Waals surface area contributed by atoms with E-state index in [4.69, 9.17) is 14.3 Å². The summed E-state index contributed by atoms with van der Waals surface area (Å²) in [5.74, 6) is 2.75. The van der Waals surface area contributed by atoms with E-state index in [2.05, 4.69) is 47.1 Å². The van der Waals surface area contributed by atoms with Gasteiger partial charge in [0.25, 0.3) is 0 Å². The highest BCUT2D eigenvalue weighted by molar-refractivity contribution is 5.80. The number of hydrogen-bond donors (Lipinski definition) is 1. The third-order valence-electron chi connectivity index (χ3n) is 4.99. The van der Waals surface area contributed by atoms with Gasteiger partial charge in [-0.1, -0.05) is 23.4 Å². The molecule has 2 aromatic rings. The van der Waals surface area contributed by atoms with E-state index < -0.39 is 0 Å². The predicted molar refractivity (Wildman–Crippen MR) is 115 cm³/mol. The molecule has 1 aliphatic heterocycles. The van der Waals surface area contributed by atoms with Gasteiger partial charge in [0.15, 0.2) is 5.96 Å². The van der Waals surface area contributed by atoms with Crippen molar-refractivity contribution in [1.82, 2.24) is 20.3 Å². The number of rotatable bonds is 7. The molecule has 0 radical (unpaired) electrons. The third-order valence-corrected chi connectivity index (χ3v) is 4.99. The maximum absolute atomic E-state index is 6.07. The fraction of sp³-hybridized carbons (Fsp3) is 0.545. The number of aliphatic imine (C=N–C) groups is 1. The highest BCUT2D eigenvalue weighted by Gasteiger charge is 2.20. The maximum Gasteiger partial charge on any atom is 0.194 e. The Balaban J connectivity index is 1.51. The summed E-state index contributed by atoms with van der Waals surface area (Å²) in [7, 11) is 0. The van der Waals surface area contributed by atoms with Crippen LogP contribution in [0.3, 0.4) is 0 Å². The van der Waals surface area contributed by atoms with Crippen LogP contribution >= 0.6 is 0 Å². The van der Waals surface area contributed by atoms with E-state index in [9.17, 15) is 0 Å². The Kier molecular flexibility index (Phi) is 7.52. The van der Waals surface area contributed by atoms with Crippen molar-refractivity contribution in [3.63, 3.8) is 0 Å². The van der Waals surface area contributed by atoms with Crippen LogP contribution in [0.15, 0.2) is 39.8 Å². The Morgan fingerprint density at radius 1 is 1.24 bits per heavy atom. The molecule has 0 amide bonds. The summed E-state index contributed by atoms with van der Waals surface area (Å²) in [6.07, 6.45) is 0.0152. The summed E-state index contributed by atoms with van der Waals surface area (Å²) in [5, 5.41) is 7.53. The molecular formula is C22H33N5O2. The van der Waals surface area contributed by atoms with Gasteiger partial charge in [0, 0.05) is 45.3 Å². The zero-order valence-corrected chi connectivity index (χ0v) is 18.0. The fourth-order valence-electron chi connectivity index (χ4n) is 3.42. The van der Waals surface area contributed by atoms with Gasteiger partial charge in [0.05, 0.1) is 12.2 Å². The molecule has 29 heavy (non-hydrogen) atoms. The number of nitrogens with zero attached hydrogens (tertiary/aromatic N) is 4. The number of piperazine rings is 1. The number of aromatic nitrogens is 1. The summed E-state index contributed by atoms with van der Waals surface area (Å²) >= 11 is 0. The molecule has 3 rings (SSSR count). The lowest BCUT2D eigenvalue weighted by atomic mass is 10.2. The zero-order valence-electron chi connectivity index (χ0n) is 18.0. The van der Waals surface area contributed by atoms with Crippen LogP contribution in [0.5, 0.6) is 5.75 Å². The van der Waals surface area contributed by atoms with Gasteiger partial charge in [0.2, 0.25) is 0 Å². The molecule has 1 aliphatic rings. The van der Waals surface area contributed by atoms with Gasteiger partial charge in [-0.05, 0) is 39.3 Å². The van der Waals surface area contributed by atoms with Crippen LogP contribution in [-0.2, 0) is 6.54 Å². The van der Waals surface area contributed by atoms with E-state index in [1.54, 1.807) is 0 Å². The van der Waals surface area contributed by atoms with Crippen LogP contribution in [0.4, 0.5) is 0 Å². The van der Waals surface area contributed by atoms with Crippen molar-refractivity contribution in [1.29, 1.82) is 0 Å². The number of para-hydroxylation sites is 1. The predicted octanol–water partition coefficient (Wildman–Crippen LogP) is 2.84. The lowest BCUT2D eigenvalue weighted by molar-refractivity contribution is 0.168. The minimum atomic E-state index is 0.0152. The number of benzene rings is 1. The van der Waals surface area contributed by atoms with Crippen LogP contribution in [-0.4, -0.2) is 66.3 Å². The second-order valence-corrected chi connectivity index (χ2v) is 7.58. The van der Waals surface area contributed by atoms with Gasteiger partial charge in [-0.25, -0.2) is 4.99 Å². The second-order valence-electron chi connectivity index (χ2n) is 7.58. The van der Waals surface area contributed by atoms with Gasteiger partial charge < -0.3 is 19.5 Å². The van der Waals surface area contributed by atoms with E-state index in [0.717, 1.165) is 68.0 Å². The zero-order chi connectivity index (χ0) is 20.6. The quantitative estimate of drug-likeness (QED) is 0.570. The van der Waals surface area contributed by atoms with E-state index in [-0.39, 0.29) is 6.10 Å². The van der Waals surface area contributed by atoms with E-state index in [0.29, 0.717) is 6.54 Å². The first kappa shape index (κ1) is 21.2. The number of aryl methyl sites for hydroxylation is 2. The summed E-state index contributed by atoms with van der Waals surface area (Å²) in [6, 6.07) is 10.1. The van der Waals surface area contributed by atoms with Crippen molar-refractivity contribution in [2.24, 2.45) is 4.99 Å². The molecule has 1 N–H and O–H groups in total. The van der Waals surface area contributed by atoms with E-state index in [1.165, 1.54) is 0 Å². The molecule has 1 fully saturated rings. The minimum absolute atomic E-state index is 0.0152. The highest BCUT2D eigenvalue weighted by atomic mass is 16.5. The molecular weight excluding hydrogens is 366 g/mol. The molecule has 1 atom stereocenters.